The largest absolute Gasteiger partial charge is 0.310 e. The standard InChI is InChI=1S/C72H46N2S/c1-3-21-47(22-4-1)51-25-15-18-36-66(51)73(50-40-43-68-65(46-50)58-32-12-10-29-55(58)60-33-16-19-37-67(60)74(68)48-23-5-2-6-24-48)49-39-41-59-62-42-44-70-72(63-35-17-20-38-69(63)75-70)71(62)61-34-14-13-30-56(61)53-27-8-7-26-52(53)54-28-9-11-31-57(54)64(59)45-49/h1-46H. The molecule has 0 radical (unpaired) electrons. The Bertz CT molecular complexity index is 4670. The lowest BCUT2D eigenvalue weighted by Crippen LogP contribution is -2.13. The Morgan fingerprint density at radius 3 is 1.45 bits per heavy atom. The van der Waals surface area contributed by atoms with Crippen molar-refractivity contribution in [3.8, 4) is 33.4 Å². The van der Waals surface area contributed by atoms with Crippen LogP contribution in [0.2, 0.25) is 0 Å². The van der Waals surface area contributed by atoms with Gasteiger partial charge in [-0.3, -0.25) is 0 Å². The second-order valence-electron chi connectivity index (χ2n) is 19.5. The minimum atomic E-state index is 1.06. The molecule has 0 saturated heterocycles. The highest BCUT2D eigenvalue weighted by Crippen LogP contribution is 2.53. The molecule has 0 spiro atoms. The van der Waals surface area contributed by atoms with Gasteiger partial charge in [0, 0.05) is 53.9 Å². The zero-order valence-electron chi connectivity index (χ0n) is 40.9. The molecule has 14 aromatic rings. The number of hydrogen-bond donors (Lipinski definition) is 0. The molecule has 350 valence electrons. The van der Waals surface area contributed by atoms with Gasteiger partial charge in [0.2, 0.25) is 0 Å². The molecule has 15 rings (SSSR count). The lowest BCUT2D eigenvalue weighted by molar-refractivity contribution is 1.27. The first-order valence-electron chi connectivity index (χ1n) is 25.7. The van der Waals surface area contributed by atoms with E-state index in [1.807, 2.05) is 11.3 Å². The highest BCUT2D eigenvalue weighted by molar-refractivity contribution is 7.26. The average Bonchev–Trinajstić information content (AvgIpc) is 3.82. The van der Waals surface area contributed by atoms with Gasteiger partial charge in [-0.2, -0.15) is 0 Å². The zero-order chi connectivity index (χ0) is 49.4. The van der Waals surface area contributed by atoms with E-state index in [0.717, 1.165) is 50.8 Å². The molecular formula is C72H46N2S. The van der Waals surface area contributed by atoms with Crippen LogP contribution in [-0.4, -0.2) is 0 Å². The predicted octanol–water partition coefficient (Wildman–Crippen LogP) is 21.2. The molecule has 13 aromatic carbocycles. The number of anilines is 6. The summed E-state index contributed by atoms with van der Waals surface area (Å²) in [5, 5.41) is 14.7. The Morgan fingerprint density at radius 1 is 0.267 bits per heavy atom. The molecule has 0 bridgehead atoms. The van der Waals surface area contributed by atoms with E-state index in [4.69, 9.17) is 0 Å². The number of fused-ring (bicyclic) bond motifs is 19. The lowest BCUT2D eigenvalue weighted by Gasteiger charge is -2.31. The van der Waals surface area contributed by atoms with E-state index < -0.39 is 0 Å². The maximum atomic E-state index is 2.50. The van der Waals surface area contributed by atoms with Gasteiger partial charge in [0.1, 0.15) is 0 Å². The molecule has 0 N–H and O–H groups in total. The van der Waals surface area contributed by atoms with Gasteiger partial charge in [-0.15, -0.1) is 11.3 Å². The van der Waals surface area contributed by atoms with E-state index in [1.165, 1.54) is 90.7 Å². The van der Waals surface area contributed by atoms with Crippen molar-refractivity contribution in [2.75, 3.05) is 9.80 Å². The Labute approximate surface area is 439 Å². The number of hydrogen-bond acceptors (Lipinski definition) is 3. The molecule has 0 fully saturated rings. The number of benzene rings is 12. The van der Waals surface area contributed by atoms with Gasteiger partial charge in [-0.05, 0) is 137 Å². The maximum absolute atomic E-state index is 2.50. The predicted molar refractivity (Wildman–Crippen MR) is 324 cm³/mol. The molecule has 0 saturated carbocycles. The SMILES string of the molecule is c1ccc(-c2ccccc2N(c2ccc3c(c2)-c2ccccc2-c2ccccc2N3c2ccccc2)c2ccc3c(c2)c2ccccc2c2ccccc2c2ccccc2c2c3ccc3sc4ccccc4c32)cc1. The summed E-state index contributed by atoms with van der Waals surface area (Å²) >= 11 is 1.88. The van der Waals surface area contributed by atoms with Crippen LogP contribution in [-0.2, 0) is 0 Å². The van der Waals surface area contributed by atoms with E-state index in [9.17, 15) is 0 Å². The summed E-state index contributed by atoms with van der Waals surface area (Å²) in [6.07, 6.45) is 0. The topological polar surface area (TPSA) is 6.48 Å². The first-order valence-corrected chi connectivity index (χ1v) is 26.6. The van der Waals surface area contributed by atoms with Crippen LogP contribution in [0.4, 0.5) is 34.1 Å². The normalized spacial score (nSPS) is 12.0. The molecule has 0 aliphatic carbocycles. The van der Waals surface area contributed by atoms with Crippen LogP contribution in [0.25, 0.3) is 107 Å². The van der Waals surface area contributed by atoms with Gasteiger partial charge in [0.15, 0.2) is 0 Å². The molecule has 1 aromatic heterocycles. The van der Waals surface area contributed by atoms with Crippen LogP contribution in [0.3, 0.4) is 0 Å². The quantitative estimate of drug-likeness (QED) is 0.170. The van der Waals surface area contributed by atoms with E-state index in [0.29, 0.717) is 0 Å². The number of nitrogens with zero attached hydrogens (tertiary/aromatic N) is 2. The fourth-order valence-corrected chi connectivity index (χ4v) is 13.3. The molecule has 0 amide bonds. The van der Waals surface area contributed by atoms with Crippen molar-refractivity contribution in [3.05, 3.63) is 279 Å². The Balaban J connectivity index is 1.09. The highest BCUT2D eigenvalue weighted by Gasteiger charge is 2.28. The number of rotatable bonds is 5. The Morgan fingerprint density at radius 2 is 0.733 bits per heavy atom. The van der Waals surface area contributed by atoms with E-state index >= 15 is 0 Å². The minimum Gasteiger partial charge on any atom is -0.310 e. The van der Waals surface area contributed by atoms with Crippen molar-refractivity contribution in [1.29, 1.82) is 0 Å². The second kappa shape index (κ2) is 17.6. The third-order valence-electron chi connectivity index (χ3n) is 15.4. The summed E-state index contributed by atoms with van der Waals surface area (Å²) < 4.78 is 2.58. The third kappa shape index (κ3) is 6.93. The molecule has 2 nitrogen and oxygen atoms in total. The van der Waals surface area contributed by atoms with Crippen LogP contribution in [0, 0.1) is 0 Å². The van der Waals surface area contributed by atoms with Crippen LogP contribution in [0.1, 0.15) is 0 Å². The zero-order valence-corrected chi connectivity index (χ0v) is 41.7. The molecule has 0 unspecified atom stereocenters. The molecule has 1 aliphatic heterocycles. The molecule has 1 aliphatic rings. The van der Waals surface area contributed by atoms with Crippen LogP contribution in [0.15, 0.2) is 279 Å². The van der Waals surface area contributed by atoms with Gasteiger partial charge < -0.3 is 9.80 Å². The molecule has 0 atom stereocenters. The van der Waals surface area contributed by atoms with Gasteiger partial charge in [-0.1, -0.05) is 212 Å². The summed E-state index contributed by atoms with van der Waals surface area (Å²) in [5.41, 5.74) is 13.7. The van der Waals surface area contributed by atoms with Gasteiger partial charge >= 0.3 is 0 Å². The smallest absolute Gasteiger partial charge is 0.0542 e. The molecule has 3 heteroatoms. The van der Waals surface area contributed by atoms with Crippen LogP contribution in [0.5, 0.6) is 0 Å². The third-order valence-corrected chi connectivity index (χ3v) is 16.5. The summed E-state index contributed by atoms with van der Waals surface area (Å²) in [7, 11) is 0. The van der Waals surface area contributed by atoms with E-state index in [-0.39, 0.29) is 0 Å². The lowest BCUT2D eigenvalue weighted by atomic mass is 9.92. The van der Waals surface area contributed by atoms with Crippen molar-refractivity contribution in [3.63, 3.8) is 0 Å². The van der Waals surface area contributed by atoms with Gasteiger partial charge in [0.25, 0.3) is 0 Å². The minimum absolute atomic E-state index is 1.06. The van der Waals surface area contributed by atoms with Crippen molar-refractivity contribution in [2.24, 2.45) is 0 Å². The number of thiophene rings is 1. The van der Waals surface area contributed by atoms with Gasteiger partial charge in [-0.25, -0.2) is 0 Å². The Hall–Kier alpha value is -9.54. The number of para-hydroxylation sites is 3. The van der Waals surface area contributed by atoms with Crippen LogP contribution < -0.4 is 9.80 Å². The fourth-order valence-electron chi connectivity index (χ4n) is 12.2. The van der Waals surface area contributed by atoms with Gasteiger partial charge in [0.05, 0.1) is 17.1 Å². The van der Waals surface area contributed by atoms with E-state index in [2.05, 4.69) is 289 Å². The average molecular weight is 971 g/mol. The summed E-state index contributed by atoms with van der Waals surface area (Å²) in [6.45, 7) is 0. The van der Waals surface area contributed by atoms with Crippen LogP contribution >= 0.6 is 11.3 Å². The Kier molecular flexibility index (Phi) is 10.1. The van der Waals surface area contributed by atoms with E-state index in [1.54, 1.807) is 0 Å². The summed E-state index contributed by atoms with van der Waals surface area (Å²) in [6, 6.07) is 103. The van der Waals surface area contributed by atoms with Crippen molar-refractivity contribution < 1.29 is 0 Å². The van der Waals surface area contributed by atoms with Crippen molar-refractivity contribution in [1.82, 2.24) is 0 Å². The first kappa shape index (κ1) is 43.1. The fraction of sp³-hybridized carbons (Fsp3) is 0. The maximum Gasteiger partial charge on any atom is 0.0542 e. The van der Waals surface area contributed by atoms with Crippen molar-refractivity contribution in [2.45, 2.75) is 0 Å². The second-order valence-corrected chi connectivity index (χ2v) is 20.6. The molecular weight excluding hydrogens is 925 g/mol. The van der Waals surface area contributed by atoms with Crippen molar-refractivity contribution >= 4 is 119 Å². The molecule has 75 heavy (non-hydrogen) atoms. The summed E-state index contributed by atoms with van der Waals surface area (Å²) in [5.74, 6) is 0. The highest BCUT2D eigenvalue weighted by atomic mass is 32.1. The molecule has 2 heterocycles. The first-order chi connectivity index (χ1) is 37.2. The monoisotopic (exact) mass is 970 g/mol. The summed E-state index contributed by atoms with van der Waals surface area (Å²) in [4.78, 5) is 4.93.